The lowest BCUT2D eigenvalue weighted by Crippen LogP contribution is -2.36. The summed E-state index contributed by atoms with van der Waals surface area (Å²) < 4.78 is 44.1. The smallest absolute Gasteiger partial charge is 0.140 e. The van der Waals surface area contributed by atoms with Crippen LogP contribution in [0.4, 0.5) is 0 Å². The zero-order chi connectivity index (χ0) is 80.5. The molecule has 0 spiro atoms. The van der Waals surface area contributed by atoms with Gasteiger partial charge in [-0.15, -0.1) is 0 Å². The number of aromatic nitrogens is 8. The molecular weight excluding hydrogens is 1470 g/mol. The highest BCUT2D eigenvalue weighted by Gasteiger charge is 2.49. The highest BCUT2D eigenvalue weighted by molar-refractivity contribution is 5.82. The van der Waals surface area contributed by atoms with Gasteiger partial charge in [0.2, 0.25) is 0 Å². The lowest BCUT2D eigenvalue weighted by Gasteiger charge is -2.27. The number of benzene rings is 4. The molecule has 16 N–H and O–H groups in total. The predicted molar refractivity (Wildman–Crippen MR) is 438 cm³/mol. The van der Waals surface area contributed by atoms with Crippen LogP contribution in [-0.2, 0) is 25.7 Å². The van der Waals surface area contributed by atoms with Crippen molar-refractivity contribution in [1.82, 2.24) is 38.2 Å². The van der Waals surface area contributed by atoms with E-state index < -0.39 is 73.2 Å². The number of nitrogens with zero attached hydrogens (tertiary/aromatic N) is 8. The topological polar surface area (TPSA) is 393 Å². The summed E-state index contributed by atoms with van der Waals surface area (Å²) in [6.45, 7) is 9.12. The zero-order valence-electron chi connectivity index (χ0n) is 65.5. The molecule has 20 atom stereocenters. The Labute approximate surface area is 671 Å². The molecule has 6 aliphatic carbocycles. The van der Waals surface area contributed by atoms with E-state index in [4.69, 9.17) is 51.4 Å². The number of fused-ring (bicyclic) bond motifs is 8. The van der Waals surface area contributed by atoms with E-state index in [0.29, 0.717) is 63.2 Å². The van der Waals surface area contributed by atoms with Gasteiger partial charge in [0.05, 0.1) is 24.2 Å². The first-order valence-electron chi connectivity index (χ1n) is 40.7. The highest BCUT2D eigenvalue weighted by atomic mass is 16.5. The number of aryl methyl sites for hydroxylation is 6. The number of ether oxygens (including phenoxy) is 6. The van der Waals surface area contributed by atoms with E-state index in [1.54, 1.807) is 24.8 Å². The lowest BCUT2D eigenvalue weighted by atomic mass is 9.87. The van der Waals surface area contributed by atoms with Gasteiger partial charge in [0.1, 0.15) is 144 Å². The Hall–Kier alpha value is -10.0. The van der Waals surface area contributed by atoms with Crippen LogP contribution in [0.3, 0.4) is 0 Å². The van der Waals surface area contributed by atoms with Crippen molar-refractivity contribution in [2.24, 2.45) is 22.9 Å². The van der Waals surface area contributed by atoms with Gasteiger partial charge in [-0.3, -0.25) is 0 Å². The average molecular weight is 1580 g/mol. The van der Waals surface area contributed by atoms with E-state index in [9.17, 15) is 40.9 Å². The fourth-order valence-electron chi connectivity index (χ4n) is 18.9. The Balaban J connectivity index is 0.000000111. The number of aliphatic hydroxyl groups is 8. The maximum Gasteiger partial charge on any atom is 0.140 e. The maximum atomic E-state index is 10.8. The van der Waals surface area contributed by atoms with Crippen LogP contribution in [0.2, 0.25) is 0 Å². The van der Waals surface area contributed by atoms with Gasteiger partial charge in [-0.2, -0.15) is 0 Å². The van der Waals surface area contributed by atoms with Gasteiger partial charge in [-0.05, 0) is 197 Å². The van der Waals surface area contributed by atoms with E-state index >= 15 is 0 Å². The van der Waals surface area contributed by atoms with Crippen LogP contribution >= 0.6 is 0 Å². The van der Waals surface area contributed by atoms with E-state index in [1.165, 1.54) is 11.1 Å². The van der Waals surface area contributed by atoms with Crippen LogP contribution in [0.25, 0.3) is 44.1 Å². The van der Waals surface area contributed by atoms with E-state index in [2.05, 4.69) is 32.1 Å². The summed E-state index contributed by atoms with van der Waals surface area (Å²) in [5, 5.41) is 90.2. The summed E-state index contributed by atoms with van der Waals surface area (Å²) >= 11 is 0. The van der Waals surface area contributed by atoms with Crippen LogP contribution in [0, 0.1) is 27.7 Å². The molecule has 0 radical (unpaired) electrons. The van der Waals surface area contributed by atoms with E-state index in [1.807, 2.05) is 180 Å². The molecule has 20 unspecified atom stereocenters. The minimum atomic E-state index is -1.00. The van der Waals surface area contributed by atoms with Crippen LogP contribution in [-0.4, -0.2) is 178 Å². The molecule has 12 aromatic rings. The molecule has 4 aromatic carbocycles. The summed E-state index contributed by atoms with van der Waals surface area (Å²) in [4.78, 5) is 18.0. The molecule has 0 bridgehead atoms. The van der Waals surface area contributed by atoms with Crippen molar-refractivity contribution >= 4 is 44.1 Å². The SMILES string of the molecule is Cc1ccnc2c1ccn2C1CC(Oc2cccc3c2C(N)CCC3)C(O)C1O.Cc1ccnc2c1ccn2C1CC(Oc2cccc3c2C(N)CCC3)C(O)C1O.Cc1ccnc2c1ccn2C1CC(Oc2cccc3c2CC(N)CO3)C(O)C1O.Cc1ccnc2c1ccn2C1CC(Oc2cccc3c2CC(N)CO3)C(O)C1O. The van der Waals surface area contributed by atoms with Crippen LogP contribution in [0.1, 0.15) is 143 Å². The number of aliphatic hydroxyl groups excluding tert-OH is 8. The molecule has 26 heteroatoms. The molecule has 116 heavy (non-hydrogen) atoms. The second-order valence-corrected chi connectivity index (χ2v) is 32.8. The van der Waals surface area contributed by atoms with Gasteiger partial charge >= 0.3 is 0 Å². The number of hydrogen-bond acceptors (Lipinski definition) is 22. The first kappa shape index (κ1) is 78.5. The van der Waals surface area contributed by atoms with Crippen molar-refractivity contribution < 1.29 is 69.3 Å². The molecule has 26 nitrogen and oxygen atoms in total. The van der Waals surface area contributed by atoms with Gasteiger partial charge in [0, 0.05) is 143 Å². The normalized spacial score (nSPS) is 29.0. The van der Waals surface area contributed by atoms with Crippen molar-refractivity contribution in [2.45, 2.75) is 226 Å². The number of hydrogen-bond donors (Lipinski definition) is 12. The quantitative estimate of drug-likeness (QED) is 0.0542. The second kappa shape index (κ2) is 32.8. The molecule has 4 fully saturated rings. The maximum absolute atomic E-state index is 10.8. The summed E-state index contributed by atoms with van der Waals surface area (Å²) in [5.74, 6) is 4.31. The number of nitrogens with two attached hydrogens (primary N) is 4. The minimum Gasteiger partial charge on any atom is -0.492 e. The van der Waals surface area contributed by atoms with Crippen molar-refractivity contribution in [3.05, 3.63) is 227 Å². The molecule has 4 saturated carbocycles. The summed E-state index contributed by atoms with van der Waals surface area (Å²) in [7, 11) is 0. The third-order valence-electron chi connectivity index (χ3n) is 25.3. The molecule has 10 heterocycles. The third kappa shape index (κ3) is 14.9. The summed E-state index contributed by atoms with van der Waals surface area (Å²) in [6.07, 6.45) is 14.3. The summed E-state index contributed by atoms with van der Waals surface area (Å²) in [6, 6.07) is 37.7. The summed E-state index contributed by atoms with van der Waals surface area (Å²) in [5.41, 5.74) is 39.0. The van der Waals surface area contributed by atoms with Gasteiger partial charge < -0.3 is 110 Å². The zero-order valence-corrected chi connectivity index (χ0v) is 65.5. The third-order valence-corrected chi connectivity index (χ3v) is 25.3. The molecular formula is C90H104N12O14. The fraction of sp³-hybridized carbons (Fsp3) is 0.422. The molecule has 2 aliphatic heterocycles. The second-order valence-electron chi connectivity index (χ2n) is 32.8. The van der Waals surface area contributed by atoms with Crippen LogP contribution in [0.5, 0.6) is 34.5 Å². The number of pyridine rings is 4. The molecule has 8 aliphatic rings. The Morgan fingerprint density at radius 3 is 0.948 bits per heavy atom. The standard InChI is InChI=1S/2C23H27N3O3.2C22H25N3O4/c2*1-13-8-10-25-23-15(13)9-11-26(23)17-12-19(22(28)21(17)27)29-18-7-3-5-14-4-2-6-16(24)20(14)18;2*1-12-5-7-24-22-14(12)6-8-25(22)16-10-19(21(27)20(16)26)29-18-4-2-3-17-15(18)9-13(23)11-28-17/h2*3,5,7-11,16-17,19,21-22,27-28H,2,4,6,12,24H2,1H3;2*2-8,13,16,19-21,26-27H,9-11,23H2,1H3. The van der Waals surface area contributed by atoms with Gasteiger partial charge in [0.15, 0.2) is 0 Å². The fourth-order valence-corrected chi connectivity index (χ4v) is 18.9. The Bertz CT molecular complexity index is 5200. The molecule has 0 amide bonds. The minimum absolute atomic E-state index is 0.0465. The van der Waals surface area contributed by atoms with Crippen molar-refractivity contribution in [1.29, 1.82) is 0 Å². The molecule has 8 aromatic heterocycles. The molecule has 608 valence electrons. The van der Waals surface area contributed by atoms with Crippen molar-refractivity contribution in [3.8, 4) is 34.5 Å². The van der Waals surface area contributed by atoms with Crippen LogP contribution in [0.15, 0.2) is 171 Å². The Morgan fingerprint density at radius 2 is 0.638 bits per heavy atom. The first-order valence-corrected chi connectivity index (χ1v) is 40.7. The monoisotopic (exact) mass is 1580 g/mol. The van der Waals surface area contributed by atoms with Crippen molar-refractivity contribution in [2.75, 3.05) is 13.2 Å². The predicted octanol–water partition coefficient (Wildman–Crippen LogP) is 9.03. The van der Waals surface area contributed by atoms with Gasteiger partial charge in [-0.1, -0.05) is 36.4 Å². The Morgan fingerprint density at radius 1 is 0.353 bits per heavy atom. The highest BCUT2D eigenvalue weighted by Crippen LogP contribution is 2.46. The van der Waals surface area contributed by atoms with Gasteiger partial charge in [-0.25, -0.2) is 19.9 Å². The molecule has 20 rings (SSSR count). The van der Waals surface area contributed by atoms with Crippen LogP contribution < -0.4 is 51.4 Å². The lowest BCUT2D eigenvalue weighted by molar-refractivity contribution is -0.0167. The van der Waals surface area contributed by atoms with E-state index in [-0.39, 0.29) is 48.3 Å². The first-order chi connectivity index (χ1) is 56.1. The van der Waals surface area contributed by atoms with Crippen molar-refractivity contribution in [3.63, 3.8) is 0 Å². The largest absolute Gasteiger partial charge is 0.492 e. The molecule has 0 saturated heterocycles. The van der Waals surface area contributed by atoms with Gasteiger partial charge in [0.25, 0.3) is 0 Å². The average Bonchev–Trinajstić information content (AvgIpc) is 1.64. The van der Waals surface area contributed by atoms with E-state index in [0.717, 1.165) is 150 Å². The Kier molecular flexibility index (Phi) is 22.2. The number of rotatable bonds is 12.